The average Bonchev–Trinajstić information content (AvgIpc) is 2.84. The van der Waals surface area contributed by atoms with Crippen molar-refractivity contribution in [2.24, 2.45) is 0 Å². The first kappa shape index (κ1) is 13.0. The molecule has 0 aliphatic heterocycles. The quantitative estimate of drug-likeness (QED) is 0.836. The molecule has 0 fully saturated rings. The van der Waals surface area contributed by atoms with Gasteiger partial charge >= 0.3 is 5.97 Å². The van der Waals surface area contributed by atoms with Crippen LogP contribution in [0.3, 0.4) is 0 Å². The lowest BCUT2D eigenvalue weighted by Crippen LogP contribution is -2.08. The molecule has 19 heavy (non-hydrogen) atoms. The number of carboxylic acid groups (broad SMARTS) is 1. The van der Waals surface area contributed by atoms with E-state index in [1.165, 1.54) is 4.80 Å². The maximum atomic E-state index is 10.4. The summed E-state index contributed by atoms with van der Waals surface area (Å²) in [7, 11) is 0. The van der Waals surface area contributed by atoms with E-state index in [0.29, 0.717) is 5.82 Å². The van der Waals surface area contributed by atoms with Crippen molar-refractivity contribution in [1.29, 1.82) is 0 Å². The third-order valence-corrected chi connectivity index (χ3v) is 2.41. The second kappa shape index (κ2) is 5.94. The summed E-state index contributed by atoms with van der Waals surface area (Å²) in [6, 6.07) is 7.63. The van der Waals surface area contributed by atoms with E-state index >= 15 is 0 Å². The Labute approximate surface area is 109 Å². The third-order valence-electron chi connectivity index (χ3n) is 2.41. The van der Waals surface area contributed by atoms with E-state index in [1.807, 2.05) is 31.2 Å². The molecule has 0 bridgehead atoms. The minimum Gasteiger partial charge on any atom is -0.485 e. The molecule has 0 saturated carbocycles. The highest BCUT2D eigenvalue weighted by molar-refractivity contribution is 5.66. The first-order valence-electron chi connectivity index (χ1n) is 5.81. The molecule has 0 radical (unpaired) electrons. The van der Waals surface area contributed by atoms with Gasteiger partial charge in [-0.15, -0.1) is 10.2 Å². The standard InChI is InChI=1S/C12H14N4O3/c1-9-2-4-10(5-3-9)19-8-11-13-15-16(14-11)7-6-12(17)18/h2-5H,6-8H2,1H3,(H,17,18). The summed E-state index contributed by atoms with van der Waals surface area (Å²) in [5.74, 6) is 0.258. The smallest absolute Gasteiger partial charge is 0.305 e. The Morgan fingerprint density at radius 1 is 1.37 bits per heavy atom. The lowest BCUT2D eigenvalue weighted by atomic mass is 10.2. The molecule has 0 unspecified atom stereocenters. The van der Waals surface area contributed by atoms with Gasteiger partial charge in [0, 0.05) is 0 Å². The van der Waals surface area contributed by atoms with E-state index in [2.05, 4.69) is 15.4 Å². The fourth-order valence-corrected chi connectivity index (χ4v) is 1.41. The molecule has 0 saturated heterocycles. The molecule has 7 heteroatoms. The Morgan fingerprint density at radius 3 is 2.79 bits per heavy atom. The summed E-state index contributed by atoms with van der Waals surface area (Å²) >= 11 is 0. The van der Waals surface area contributed by atoms with Gasteiger partial charge < -0.3 is 9.84 Å². The van der Waals surface area contributed by atoms with E-state index < -0.39 is 5.97 Å². The van der Waals surface area contributed by atoms with Crippen molar-refractivity contribution < 1.29 is 14.6 Å². The summed E-state index contributed by atoms with van der Waals surface area (Å²) in [6.45, 7) is 2.41. The van der Waals surface area contributed by atoms with Gasteiger partial charge in [-0.1, -0.05) is 17.7 Å². The van der Waals surface area contributed by atoms with Crippen LogP contribution >= 0.6 is 0 Å². The van der Waals surface area contributed by atoms with Crippen molar-refractivity contribution in [3.05, 3.63) is 35.7 Å². The van der Waals surface area contributed by atoms with Crippen molar-refractivity contribution in [1.82, 2.24) is 20.2 Å². The molecule has 0 amide bonds. The van der Waals surface area contributed by atoms with Crippen LogP contribution in [0.25, 0.3) is 0 Å². The maximum absolute atomic E-state index is 10.4. The van der Waals surface area contributed by atoms with Crippen LogP contribution in [0, 0.1) is 6.92 Å². The summed E-state index contributed by atoms with van der Waals surface area (Å²) in [6.07, 6.45) is -0.0331. The number of hydrogen-bond acceptors (Lipinski definition) is 5. The van der Waals surface area contributed by atoms with Gasteiger partial charge in [0.25, 0.3) is 0 Å². The van der Waals surface area contributed by atoms with Gasteiger partial charge in [-0.05, 0) is 24.3 Å². The van der Waals surface area contributed by atoms with Crippen LogP contribution in [-0.4, -0.2) is 31.3 Å². The Morgan fingerprint density at radius 2 is 2.11 bits per heavy atom. The molecule has 0 spiro atoms. The molecule has 1 heterocycles. The first-order valence-corrected chi connectivity index (χ1v) is 5.81. The summed E-state index contributed by atoms with van der Waals surface area (Å²) in [5.41, 5.74) is 1.16. The maximum Gasteiger partial charge on any atom is 0.305 e. The summed E-state index contributed by atoms with van der Waals surface area (Å²) in [4.78, 5) is 11.7. The van der Waals surface area contributed by atoms with Crippen molar-refractivity contribution in [2.45, 2.75) is 26.5 Å². The number of aliphatic carboxylic acids is 1. The monoisotopic (exact) mass is 262 g/mol. The van der Waals surface area contributed by atoms with Crippen molar-refractivity contribution >= 4 is 5.97 Å². The lowest BCUT2D eigenvalue weighted by Gasteiger charge is -2.02. The number of ether oxygens (including phenoxy) is 1. The van der Waals surface area contributed by atoms with Crippen LogP contribution in [0.5, 0.6) is 5.75 Å². The van der Waals surface area contributed by atoms with E-state index in [0.717, 1.165) is 11.3 Å². The van der Waals surface area contributed by atoms with Gasteiger partial charge in [-0.2, -0.15) is 4.80 Å². The lowest BCUT2D eigenvalue weighted by molar-refractivity contribution is -0.137. The van der Waals surface area contributed by atoms with E-state index in [4.69, 9.17) is 9.84 Å². The highest BCUT2D eigenvalue weighted by Gasteiger charge is 2.05. The number of rotatable bonds is 6. The van der Waals surface area contributed by atoms with Crippen LogP contribution in [0.2, 0.25) is 0 Å². The average molecular weight is 262 g/mol. The first-order chi connectivity index (χ1) is 9.13. The number of tetrazole rings is 1. The molecule has 2 rings (SSSR count). The highest BCUT2D eigenvalue weighted by Crippen LogP contribution is 2.12. The minimum atomic E-state index is -0.894. The van der Waals surface area contributed by atoms with Gasteiger partial charge in [0.15, 0.2) is 6.61 Å². The molecule has 1 aromatic carbocycles. The summed E-state index contributed by atoms with van der Waals surface area (Å²) in [5, 5.41) is 20.1. The van der Waals surface area contributed by atoms with Gasteiger partial charge in [0.2, 0.25) is 5.82 Å². The van der Waals surface area contributed by atoms with Gasteiger partial charge in [-0.3, -0.25) is 4.79 Å². The zero-order valence-corrected chi connectivity index (χ0v) is 10.5. The highest BCUT2D eigenvalue weighted by atomic mass is 16.5. The predicted molar refractivity (Wildman–Crippen MR) is 65.6 cm³/mol. The molecule has 1 N–H and O–H groups in total. The zero-order chi connectivity index (χ0) is 13.7. The molecule has 0 aliphatic carbocycles. The zero-order valence-electron chi connectivity index (χ0n) is 10.5. The molecule has 0 atom stereocenters. The van der Waals surface area contributed by atoms with E-state index in [9.17, 15) is 4.79 Å². The minimum absolute atomic E-state index is 0.0331. The van der Waals surface area contributed by atoms with E-state index in [1.54, 1.807) is 0 Å². The fraction of sp³-hybridized carbons (Fsp3) is 0.333. The molecule has 100 valence electrons. The van der Waals surface area contributed by atoms with Gasteiger partial charge in [-0.25, -0.2) is 0 Å². The second-order valence-corrected chi connectivity index (χ2v) is 4.05. The number of carboxylic acids is 1. The fourth-order valence-electron chi connectivity index (χ4n) is 1.41. The van der Waals surface area contributed by atoms with Crippen LogP contribution in [0.15, 0.2) is 24.3 Å². The van der Waals surface area contributed by atoms with Crippen LogP contribution in [0.4, 0.5) is 0 Å². The molecule has 0 aliphatic rings. The normalized spacial score (nSPS) is 10.4. The number of benzene rings is 1. The molecular formula is C12H14N4O3. The number of aryl methyl sites for hydroxylation is 2. The van der Waals surface area contributed by atoms with Crippen molar-refractivity contribution in [3.8, 4) is 5.75 Å². The second-order valence-electron chi connectivity index (χ2n) is 4.05. The number of nitrogens with zero attached hydrogens (tertiary/aromatic N) is 4. The summed E-state index contributed by atoms with van der Waals surface area (Å²) < 4.78 is 5.49. The van der Waals surface area contributed by atoms with Gasteiger partial charge in [0.1, 0.15) is 5.75 Å². The third kappa shape index (κ3) is 4.06. The van der Waals surface area contributed by atoms with Crippen LogP contribution < -0.4 is 4.74 Å². The van der Waals surface area contributed by atoms with E-state index in [-0.39, 0.29) is 19.6 Å². The van der Waals surface area contributed by atoms with Crippen molar-refractivity contribution in [3.63, 3.8) is 0 Å². The topological polar surface area (TPSA) is 90.1 Å². The Bertz CT molecular complexity index is 550. The molecular weight excluding hydrogens is 248 g/mol. The number of aromatic nitrogens is 4. The van der Waals surface area contributed by atoms with Crippen molar-refractivity contribution in [2.75, 3.05) is 0 Å². The van der Waals surface area contributed by atoms with Gasteiger partial charge in [0.05, 0.1) is 13.0 Å². The Kier molecular flexibility index (Phi) is 4.07. The molecule has 7 nitrogen and oxygen atoms in total. The largest absolute Gasteiger partial charge is 0.485 e. The Hall–Kier alpha value is -2.44. The molecule has 2 aromatic rings. The van der Waals surface area contributed by atoms with Crippen LogP contribution in [0.1, 0.15) is 17.8 Å². The SMILES string of the molecule is Cc1ccc(OCc2nnn(CCC(=O)O)n2)cc1. The predicted octanol–water partition coefficient (Wildman–Crippen LogP) is 1.04. The number of carbonyl (C=O) groups is 1. The Balaban J connectivity index is 1.86. The van der Waals surface area contributed by atoms with Crippen LogP contribution in [-0.2, 0) is 17.9 Å². The molecule has 1 aromatic heterocycles. The number of hydrogen-bond donors (Lipinski definition) is 1.